The molecule has 3 nitrogen and oxygen atoms in total. The van der Waals surface area contributed by atoms with Crippen LogP contribution in [0.1, 0.15) is 12.8 Å². The third kappa shape index (κ3) is 1.86. The Hall–Kier alpha value is -1.13. The summed E-state index contributed by atoms with van der Waals surface area (Å²) < 4.78 is 26.8. The molecule has 0 atom stereocenters. The molecule has 5 heteroatoms. The van der Waals surface area contributed by atoms with E-state index in [0.29, 0.717) is 6.54 Å². The number of aryl methyl sites for hydroxylation is 1. The number of hydrogen-bond acceptors (Lipinski definition) is 2. The molecule has 1 aliphatic rings. The maximum Gasteiger partial charge on any atom is 0.248 e. The van der Waals surface area contributed by atoms with E-state index in [9.17, 15) is 8.78 Å². The van der Waals surface area contributed by atoms with E-state index in [1.165, 1.54) is 0 Å². The Bertz CT molecular complexity index is 314. The van der Waals surface area contributed by atoms with Crippen LogP contribution >= 0.6 is 0 Å². The Labute approximate surface area is 81.1 Å². The smallest absolute Gasteiger partial charge is 0.248 e. The Balaban J connectivity index is 1.77. The van der Waals surface area contributed by atoms with Gasteiger partial charge in [0.25, 0.3) is 0 Å². The molecule has 2 rings (SSSR count). The normalized spacial score (nSPS) is 20.5. The quantitative estimate of drug-likeness (QED) is 0.809. The molecule has 1 aromatic heterocycles. The molecule has 1 saturated carbocycles. The maximum absolute atomic E-state index is 12.5. The second kappa shape index (κ2) is 3.22. The predicted octanol–water partition coefficient (Wildman–Crippen LogP) is 1.88. The van der Waals surface area contributed by atoms with Crippen molar-refractivity contribution in [3.63, 3.8) is 0 Å². The van der Waals surface area contributed by atoms with Gasteiger partial charge in [0.05, 0.1) is 0 Å². The molecule has 0 aliphatic heterocycles. The highest BCUT2D eigenvalue weighted by Crippen LogP contribution is 2.42. The molecule has 0 saturated heterocycles. The summed E-state index contributed by atoms with van der Waals surface area (Å²) in [6.07, 6.45) is 3.50. The van der Waals surface area contributed by atoms with Crippen LogP contribution in [-0.2, 0) is 7.05 Å². The minimum Gasteiger partial charge on any atom is -0.355 e. The first kappa shape index (κ1) is 9.43. The number of nitrogens with zero attached hydrogens (tertiary/aromatic N) is 2. The van der Waals surface area contributed by atoms with Gasteiger partial charge in [-0.15, -0.1) is 0 Å². The Morgan fingerprint density at radius 2 is 2.36 bits per heavy atom. The van der Waals surface area contributed by atoms with Gasteiger partial charge in [0.1, 0.15) is 0 Å². The molecule has 1 N–H and O–H groups in total. The zero-order valence-corrected chi connectivity index (χ0v) is 8.00. The third-order valence-electron chi connectivity index (χ3n) is 2.54. The zero-order valence-electron chi connectivity index (χ0n) is 8.00. The largest absolute Gasteiger partial charge is 0.355 e. The second-order valence-electron chi connectivity index (χ2n) is 3.87. The number of imidazole rings is 1. The van der Waals surface area contributed by atoms with Gasteiger partial charge in [-0.2, -0.15) is 0 Å². The van der Waals surface area contributed by atoms with Crippen molar-refractivity contribution in [3.05, 3.63) is 12.4 Å². The molecule has 0 unspecified atom stereocenters. The monoisotopic (exact) mass is 201 g/mol. The molecule has 1 heterocycles. The first-order chi connectivity index (χ1) is 6.57. The lowest BCUT2D eigenvalue weighted by molar-refractivity contribution is -0.106. The first-order valence-electron chi connectivity index (χ1n) is 4.66. The van der Waals surface area contributed by atoms with Gasteiger partial charge >= 0.3 is 0 Å². The van der Waals surface area contributed by atoms with E-state index >= 15 is 0 Å². The van der Waals surface area contributed by atoms with E-state index in [1.807, 2.05) is 17.8 Å². The van der Waals surface area contributed by atoms with E-state index in [-0.39, 0.29) is 18.8 Å². The predicted molar refractivity (Wildman–Crippen MR) is 49.4 cm³/mol. The van der Waals surface area contributed by atoms with Crippen LogP contribution in [0.4, 0.5) is 14.7 Å². The van der Waals surface area contributed by atoms with Crippen molar-refractivity contribution in [2.75, 3.05) is 11.9 Å². The molecule has 0 aromatic carbocycles. The van der Waals surface area contributed by atoms with Crippen LogP contribution < -0.4 is 5.32 Å². The molecule has 1 aliphatic carbocycles. The molecule has 0 radical (unpaired) electrons. The highest BCUT2D eigenvalue weighted by Gasteiger charge is 2.44. The lowest BCUT2D eigenvalue weighted by atomic mass is 9.81. The highest BCUT2D eigenvalue weighted by molar-refractivity contribution is 5.25. The van der Waals surface area contributed by atoms with Gasteiger partial charge in [-0.25, -0.2) is 13.8 Å². The summed E-state index contributed by atoms with van der Waals surface area (Å²) in [5, 5.41) is 3.05. The fourth-order valence-electron chi connectivity index (χ4n) is 1.70. The van der Waals surface area contributed by atoms with Crippen LogP contribution in [0.5, 0.6) is 0 Å². The Kier molecular flexibility index (Phi) is 2.17. The number of rotatable bonds is 3. The van der Waals surface area contributed by atoms with Gasteiger partial charge in [-0.3, -0.25) is 0 Å². The number of alkyl halides is 2. The van der Waals surface area contributed by atoms with Crippen molar-refractivity contribution in [2.45, 2.75) is 18.8 Å². The molecule has 78 valence electrons. The molecule has 0 bridgehead atoms. The Morgan fingerprint density at radius 1 is 1.64 bits per heavy atom. The lowest BCUT2D eigenvalue weighted by Gasteiger charge is -2.34. The van der Waals surface area contributed by atoms with Gasteiger partial charge in [-0.1, -0.05) is 0 Å². The SMILES string of the molecule is Cn1ccnc1NCC1CC(F)(F)C1. The summed E-state index contributed by atoms with van der Waals surface area (Å²) >= 11 is 0. The number of hydrogen-bond donors (Lipinski definition) is 1. The Morgan fingerprint density at radius 3 is 2.86 bits per heavy atom. The second-order valence-corrected chi connectivity index (χ2v) is 3.87. The van der Waals surface area contributed by atoms with Crippen molar-refractivity contribution in [1.29, 1.82) is 0 Å². The number of anilines is 1. The van der Waals surface area contributed by atoms with Crippen LogP contribution in [0, 0.1) is 5.92 Å². The van der Waals surface area contributed by atoms with E-state index in [0.717, 1.165) is 5.95 Å². The minimum atomic E-state index is -2.42. The van der Waals surface area contributed by atoms with Gasteiger partial charge in [-0.05, 0) is 5.92 Å². The molecule has 1 aromatic rings. The van der Waals surface area contributed by atoms with E-state index < -0.39 is 5.92 Å². The number of halogens is 2. The van der Waals surface area contributed by atoms with Crippen molar-refractivity contribution in [3.8, 4) is 0 Å². The van der Waals surface area contributed by atoms with Crippen LogP contribution in [0.15, 0.2) is 12.4 Å². The molecule has 14 heavy (non-hydrogen) atoms. The fourth-order valence-corrected chi connectivity index (χ4v) is 1.70. The van der Waals surface area contributed by atoms with Gasteiger partial charge in [0.15, 0.2) is 0 Å². The molecule has 0 amide bonds. The van der Waals surface area contributed by atoms with Crippen molar-refractivity contribution in [1.82, 2.24) is 9.55 Å². The number of nitrogens with one attached hydrogen (secondary N) is 1. The van der Waals surface area contributed by atoms with Gasteiger partial charge in [0, 0.05) is 38.8 Å². The molecule has 1 fully saturated rings. The number of aromatic nitrogens is 2. The van der Waals surface area contributed by atoms with Crippen LogP contribution in [0.3, 0.4) is 0 Å². The summed E-state index contributed by atoms with van der Waals surface area (Å²) in [6.45, 7) is 0.584. The fraction of sp³-hybridized carbons (Fsp3) is 0.667. The average Bonchev–Trinajstić information content (AvgIpc) is 2.44. The van der Waals surface area contributed by atoms with Crippen LogP contribution in [0.2, 0.25) is 0 Å². The summed E-state index contributed by atoms with van der Waals surface area (Å²) in [4.78, 5) is 4.05. The van der Waals surface area contributed by atoms with Crippen molar-refractivity contribution in [2.24, 2.45) is 13.0 Å². The standard InChI is InChI=1S/C9H13F2N3/c1-14-3-2-12-8(14)13-6-7-4-9(10,11)5-7/h2-3,7H,4-6H2,1H3,(H,12,13). The average molecular weight is 201 g/mol. The van der Waals surface area contributed by atoms with E-state index in [1.54, 1.807) is 6.20 Å². The van der Waals surface area contributed by atoms with Crippen LogP contribution in [0.25, 0.3) is 0 Å². The topological polar surface area (TPSA) is 29.9 Å². The summed E-state index contributed by atoms with van der Waals surface area (Å²) in [5.41, 5.74) is 0. The molecular weight excluding hydrogens is 188 g/mol. The summed E-state index contributed by atoms with van der Waals surface area (Å²) in [5.74, 6) is -1.60. The highest BCUT2D eigenvalue weighted by atomic mass is 19.3. The van der Waals surface area contributed by atoms with Crippen molar-refractivity contribution >= 4 is 5.95 Å². The van der Waals surface area contributed by atoms with Gasteiger partial charge < -0.3 is 9.88 Å². The maximum atomic E-state index is 12.5. The van der Waals surface area contributed by atoms with Gasteiger partial charge in [0.2, 0.25) is 11.9 Å². The zero-order chi connectivity index (χ0) is 10.2. The third-order valence-corrected chi connectivity index (χ3v) is 2.54. The molecular formula is C9H13F2N3. The summed E-state index contributed by atoms with van der Waals surface area (Å²) in [6, 6.07) is 0. The van der Waals surface area contributed by atoms with E-state index in [2.05, 4.69) is 10.3 Å². The van der Waals surface area contributed by atoms with E-state index in [4.69, 9.17) is 0 Å². The summed E-state index contributed by atoms with van der Waals surface area (Å²) in [7, 11) is 1.87. The minimum absolute atomic E-state index is 0.00439. The lowest BCUT2D eigenvalue weighted by Crippen LogP contribution is -2.39. The van der Waals surface area contributed by atoms with Crippen LogP contribution in [-0.4, -0.2) is 22.0 Å². The molecule has 0 spiro atoms. The first-order valence-corrected chi connectivity index (χ1v) is 4.66. The van der Waals surface area contributed by atoms with Crippen molar-refractivity contribution < 1.29 is 8.78 Å².